The molecule has 0 radical (unpaired) electrons. The molecule has 0 aliphatic carbocycles. The van der Waals surface area contributed by atoms with Gasteiger partial charge in [0.05, 0.1) is 9.35 Å². The van der Waals surface area contributed by atoms with Gasteiger partial charge in [-0.15, -0.1) is 11.3 Å². The number of halogens is 1. The van der Waals surface area contributed by atoms with Crippen molar-refractivity contribution < 1.29 is 4.79 Å². The molecule has 0 N–H and O–H groups in total. The molecular weight excluding hydrogens is 250 g/mol. The lowest BCUT2D eigenvalue weighted by Gasteiger charge is -1.96. The lowest BCUT2D eigenvalue weighted by Crippen LogP contribution is -2.01. The van der Waals surface area contributed by atoms with E-state index in [1.807, 2.05) is 6.92 Å². The van der Waals surface area contributed by atoms with Crippen LogP contribution in [0.1, 0.15) is 24.5 Å². The van der Waals surface area contributed by atoms with E-state index in [4.69, 9.17) is 5.26 Å². The maximum Gasteiger partial charge on any atom is 0.137 e. The van der Waals surface area contributed by atoms with E-state index in [-0.39, 0.29) is 5.78 Å². The molecular formula is C9H8BrNOS. The average Bonchev–Trinajstić information content (AvgIpc) is 2.48. The zero-order valence-corrected chi connectivity index (χ0v) is 9.54. The van der Waals surface area contributed by atoms with Gasteiger partial charge in [0.1, 0.15) is 11.9 Å². The Morgan fingerprint density at radius 2 is 2.46 bits per heavy atom. The van der Waals surface area contributed by atoms with Gasteiger partial charge in [0.25, 0.3) is 0 Å². The van der Waals surface area contributed by atoms with E-state index < -0.39 is 0 Å². The van der Waals surface area contributed by atoms with Gasteiger partial charge < -0.3 is 0 Å². The van der Waals surface area contributed by atoms with Crippen LogP contribution in [0.15, 0.2) is 9.17 Å². The number of hydrogen-bond donors (Lipinski definition) is 0. The molecule has 4 heteroatoms. The molecule has 0 aromatic carbocycles. The van der Waals surface area contributed by atoms with E-state index in [1.165, 1.54) is 11.3 Å². The first-order chi connectivity index (χ1) is 6.19. The first-order valence-corrected chi connectivity index (χ1v) is 5.54. The number of carbonyl (C=O) groups excluding carboxylic acids is 1. The topological polar surface area (TPSA) is 40.9 Å². The second-order valence-electron chi connectivity index (χ2n) is 2.58. The molecule has 1 rings (SSSR count). The molecule has 2 nitrogen and oxygen atoms in total. The highest BCUT2D eigenvalue weighted by molar-refractivity contribution is 9.11. The van der Waals surface area contributed by atoms with Crippen LogP contribution in [0, 0.1) is 11.3 Å². The second kappa shape index (κ2) is 4.54. The van der Waals surface area contributed by atoms with Gasteiger partial charge in [-0.25, -0.2) is 0 Å². The Balaban J connectivity index is 2.93. The first kappa shape index (κ1) is 10.4. The third-order valence-corrected chi connectivity index (χ3v) is 3.58. The van der Waals surface area contributed by atoms with Crippen molar-refractivity contribution in [1.82, 2.24) is 0 Å². The van der Waals surface area contributed by atoms with Crippen LogP contribution in [0.2, 0.25) is 0 Å². The van der Waals surface area contributed by atoms with Crippen LogP contribution in [-0.4, -0.2) is 5.78 Å². The minimum absolute atomic E-state index is 0.163. The summed E-state index contributed by atoms with van der Waals surface area (Å²) in [7, 11) is 0. The van der Waals surface area contributed by atoms with Crippen molar-refractivity contribution in [3.8, 4) is 6.07 Å². The molecule has 1 heterocycles. The SMILES string of the molecule is CCC(=O)Cc1c(C#N)csc1Br. The lowest BCUT2D eigenvalue weighted by molar-refractivity contribution is -0.118. The molecule has 0 atom stereocenters. The van der Waals surface area contributed by atoms with Crippen LogP contribution in [0.4, 0.5) is 0 Å². The highest BCUT2D eigenvalue weighted by atomic mass is 79.9. The zero-order valence-electron chi connectivity index (χ0n) is 7.13. The van der Waals surface area contributed by atoms with Crippen molar-refractivity contribution in [1.29, 1.82) is 5.26 Å². The Morgan fingerprint density at radius 3 is 3.00 bits per heavy atom. The summed E-state index contributed by atoms with van der Waals surface area (Å²) in [6.45, 7) is 1.83. The van der Waals surface area contributed by atoms with Crippen LogP contribution in [-0.2, 0) is 11.2 Å². The minimum Gasteiger partial charge on any atom is -0.299 e. The van der Waals surface area contributed by atoms with Crippen LogP contribution in [0.25, 0.3) is 0 Å². The van der Waals surface area contributed by atoms with E-state index in [9.17, 15) is 4.79 Å². The number of hydrogen-bond acceptors (Lipinski definition) is 3. The molecule has 0 saturated carbocycles. The van der Waals surface area contributed by atoms with Gasteiger partial charge in [-0.2, -0.15) is 5.26 Å². The summed E-state index contributed by atoms with van der Waals surface area (Å²) < 4.78 is 0.894. The number of thiophene rings is 1. The highest BCUT2D eigenvalue weighted by Gasteiger charge is 2.12. The number of rotatable bonds is 3. The molecule has 1 aromatic heterocycles. The Hall–Kier alpha value is -0.660. The summed E-state index contributed by atoms with van der Waals surface area (Å²) in [6, 6.07) is 2.07. The van der Waals surface area contributed by atoms with Crippen molar-refractivity contribution in [3.63, 3.8) is 0 Å². The Kier molecular flexibility index (Phi) is 3.64. The Morgan fingerprint density at radius 1 is 1.77 bits per heavy atom. The van der Waals surface area contributed by atoms with Gasteiger partial charge in [0.15, 0.2) is 0 Å². The number of nitriles is 1. The van der Waals surface area contributed by atoms with Crippen LogP contribution < -0.4 is 0 Å². The maximum atomic E-state index is 11.2. The van der Waals surface area contributed by atoms with Crippen molar-refractivity contribution in [2.24, 2.45) is 0 Å². The summed E-state index contributed by atoms with van der Waals surface area (Å²) in [4.78, 5) is 11.2. The fourth-order valence-electron chi connectivity index (χ4n) is 0.940. The lowest BCUT2D eigenvalue weighted by atomic mass is 10.1. The van der Waals surface area contributed by atoms with Crippen LogP contribution in [0.5, 0.6) is 0 Å². The summed E-state index contributed by atoms with van der Waals surface area (Å²) in [5, 5.41) is 10.5. The molecule has 0 aliphatic rings. The van der Waals surface area contributed by atoms with E-state index in [2.05, 4.69) is 22.0 Å². The molecule has 0 unspecified atom stereocenters. The average molecular weight is 258 g/mol. The Labute approximate surface area is 89.3 Å². The summed E-state index contributed by atoms with van der Waals surface area (Å²) in [5.74, 6) is 0.163. The van der Waals surface area contributed by atoms with Gasteiger partial charge in [0, 0.05) is 23.8 Å². The van der Waals surface area contributed by atoms with Gasteiger partial charge in [-0.05, 0) is 15.9 Å². The molecule has 0 aliphatic heterocycles. The molecule has 0 spiro atoms. The first-order valence-electron chi connectivity index (χ1n) is 3.86. The maximum absolute atomic E-state index is 11.2. The molecule has 0 fully saturated rings. The standard InChI is InChI=1S/C9H8BrNOS/c1-2-7(12)3-8-6(4-11)5-13-9(8)10/h5H,2-3H2,1H3. The number of nitrogens with zero attached hydrogens (tertiary/aromatic N) is 1. The van der Waals surface area contributed by atoms with E-state index in [0.717, 1.165) is 9.35 Å². The van der Waals surface area contributed by atoms with Crippen molar-refractivity contribution in [2.45, 2.75) is 19.8 Å². The normalized spacial score (nSPS) is 9.62. The van der Waals surface area contributed by atoms with Gasteiger partial charge in [-0.3, -0.25) is 4.79 Å². The monoisotopic (exact) mass is 257 g/mol. The molecule has 0 bridgehead atoms. The molecule has 1 aromatic rings. The van der Waals surface area contributed by atoms with Crippen LogP contribution >= 0.6 is 27.3 Å². The largest absolute Gasteiger partial charge is 0.299 e. The van der Waals surface area contributed by atoms with Gasteiger partial charge in [-0.1, -0.05) is 6.92 Å². The Bertz CT molecular complexity index is 364. The molecule has 68 valence electrons. The van der Waals surface area contributed by atoms with E-state index >= 15 is 0 Å². The van der Waals surface area contributed by atoms with Crippen molar-refractivity contribution >= 4 is 33.0 Å². The predicted molar refractivity (Wildman–Crippen MR) is 55.7 cm³/mol. The number of carbonyl (C=O) groups is 1. The van der Waals surface area contributed by atoms with Gasteiger partial charge in [0.2, 0.25) is 0 Å². The molecule has 0 saturated heterocycles. The second-order valence-corrected chi connectivity index (χ2v) is 4.78. The fraction of sp³-hybridized carbons (Fsp3) is 0.333. The van der Waals surface area contributed by atoms with Gasteiger partial charge >= 0.3 is 0 Å². The summed E-state index contributed by atoms with van der Waals surface area (Å²) in [6.07, 6.45) is 0.886. The molecule has 0 amide bonds. The summed E-state index contributed by atoms with van der Waals surface area (Å²) in [5.41, 5.74) is 1.44. The molecule has 13 heavy (non-hydrogen) atoms. The third kappa shape index (κ3) is 2.39. The highest BCUT2D eigenvalue weighted by Crippen LogP contribution is 2.28. The number of ketones is 1. The minimum atomic E-state index is 0.163. The fourth-order valence-corrected chi connectivity index (χ4v) is 2.31. The van der Waals surface area contributed by atoms with Crippen molar-refractivity contribution in [3.05, 3.63) is 20.3 Å². The zero-order chi connectivity index (χ0) is 9.84. The van der Waals surface area contributed by atoms with E-state index in [0.29, 0.717) is 18.4 Å². The summed E-state index contributed by atoms with van der Waals surface area (Å²) >= 11 is 4.78. The quantitative estimate of drug-likeness (QED) is 0.836. The smallest absolute Gasteiger partial charge is 0.137 e. The third-order valence-electron chi connectivity index (χ3n) is 1.73. The van der Waals surface area contributed by atoms with Crippen molar-refractivity contribution in [2.75, 3.05) is 0 Å². The van der Waals surface area contributed by atoms with Crippen LogP contribution in [0.3, 0.4) is 0 Å². The number of Topliss-reactive ketones (excluding diaryl/α,β-unsaturated/α-hetero) is 1. The predicted octanol–water partition coefficient (Wildman–Crippen LogP) is 2.90. The van der Waals surface area contributed by atoms with E-state index in [1.54, 1.807) is 5.38 Å².